The second-order valence-corrected chi connectivity index (χ2v) is 10.2. The zero-order valence-corrected chi connectivity index (χ0v) is 17.7. The smallest absolute Gasteiger partial charge is 0.354 e. The highest BCUT2D eigenvalue weighted by Crippen LogP contribution is 2.38. The van der Waals surface area contributed by atoms with Gasteiger partial charge in [0.05, 0.1) is 14.9 Å². The van der Waals surface area contributed by atoms with Crippen molar-refractivity contribution in [2.45, 2.75) is 29.9 Å². The Hall–Kier alpha value is -2.37. The van der Waals surface area contributed by atoms with Crippen molar-refractivity contribution in [2.24, 2.45) is 0 Å². The molecule has 0 unspecified atom stereocenters. The van der Waals surface area contributed by atoms with Crippen LogP contribution in [0.4, 0.5) is 5.82 Å². The quantitative estimate of drug-likeness (QED) is 0.567. The van der Waals surface area contributed by atoms with E-state index in [1.54, 1.807) is 26.0 Å². The van der Waals surface area contributed by atoms with Crippen molar-refractivity contribution in [3.63, 3.8) is 0 Å². The van der Waals surface area contributed by atoms with E-state index in [4.69, 9.17) is 5.11 Å². The first-order chi connectivity index (χ1) is 13.1. The van der Waals surface area contributed by atoms with Crippen LogP contribution in [0.3, 0.4) is 0 Å². The maximum atomic E-state index is 12.7. The predicted octanol–water partition coefficient (Wildman–Crippen LogP) is 2.63. The van der Waals surface area contributed by atoms with Crippen LogP contribution in [0.15, 0.2) is 38.2 Å². The Balaban J connectivity index is 2.12. The molecule has 0 saturated heterocycles. The summed E-state index contributed by atoms with van der Waals surface area (Å²) in [7, 11) is -3.96. The van der Waals surface area contributed by atoms with Gasteiger partial charge in [-0.15, -0.1) is 23.1 Å². The fourth-order valence-electron chi connectivity index (χ4n) is 2.52. The van der Waals surface area contributed by atoms with Gasteiger partial charge in [0.1, 0.15) is 5.69 Å². The Bertz CT molecular complexity index is 1180. The Kier molecular flexibility index (Phi) is 5.50. The van der Waals surface area contributed by atoms with Crippen molar-refractivity contribution in [1.29, 1.82) is 0 Å². The molecule has 2 aliphatic rings. The third-order valence-corrected chi connectivity index (χ3v) is 7.81. The Morgan fingerprint density at radius 1 is 1.25 bits per heavy atom. The van der Waals surface area contributed by atoms with Crippen LogP contribution in [-0.2, 0) is 14.8 Å². The van der Waals surface area contributed by atoms with Gasteiger partial charge >= 0.3 is 11.7 Å². The summed E-state index contributed by atoms with van der Waals surface area (Å²) in [5.74, 6) is -1.35. The molecule has 0 atom stereocenters. The van der Waals surface area contributed by atoms with Gasteiger partial charge in [0.25, 0.3) is 10.0 Å². The van der Waals surface area contributed by atoms with E-state index in [0.29, 0.717) is 9.90 Å². The number of fused-ring (bicyclic) bond motifs is 1. The van der Waals surface area contributed by atoms with Gasteiger partial charge in [-0.2, -0.15) is 4.98 Å². The molecule has 1 aromatic rings. The molecule has 1 aromatic carbocycles. The number of benzene rings is 1. The van der Waals surface area contributed by atoms with Crippen molar-refractivity contribution in [1.82, 2.24) is 9.55 Å². The fraction of sp³-hybridized carbons (Fsp3) is 0.235. The lowest BCUT2D eigenvalue weighted by molar-refractivity contribution is -0.133. The fourth-order valence-corrected chi connectivity index (χ4v) is 5.70. The number of nitrogens with one attached hydrogen (secondary N) is 1. The normalized spacial score (nSPS) is 11.7. The molecule has 0 aromatic heterocycles. The molecule has 3 rings (SSSR count). The molecule has 11 heteroatoms. The van der Waals surface area contributed by atoms with Gasteiger partial charge in [0.2, 0.25) is 0 Å². The standard InChI is InChI=1S/C17H17N3O5S3/c1-9-4-6-12(7-5-9)28(24,25)19-15-14-16(26-8-13(21)22)27-11(3)10(2)20(14)17(23)18-15/h4-7H,8H2,1-3H3,(H,21,22)(H,18,19,23). The molecule has 0 aliphatic carbocycles. The number of carbonyl (C=O) groups is 1. The van der Waals surface area contributed by atoms with Crippen LogP contribution in [0.5, 0.6) is 0 Å². The molecule has 0 spiro atoms. The number of hydrogen-bond acceptors (Lipinski definition) is 7. The maximum Gasteiger partial charge on any atom is 0.354 e. The van der Waals surface area contributed by atoms with E-state index in [9.17, 15) is 18.0 Å². The van der Waals surface area contributed by atoms with E-state index in [1.807, 2.05) is 6.92 Å². The minimum Gasteiger partial charge on any atom is -0.481 e. The first-order valence-corrected chi connectivity index (χ1v) is 11.4. The molecule has 0 fully saturated rings. The lowest BCUT2D eigenvalue weighted by Gasteiger charge is -2.15. The summed E-state index contributed by atoms with van der Waals surface area (Å²) >= 11 is 2.31. The molecule has 0 bridgehead atoms. The Morgan fingerprint density at radius 2 is 1.89 bits per heavy atom. The molecule has 2 aliphatic heterocycles. The zero-order valence-electron chi connectivity index (χ0n) is 15.2. The summed E-state index contributed by atoms with van der Waals surface area (Å²) in [4.78, 5) is 28.1. The number of rotatable bonds is 6. The highest BCUT2D eigenvalue weighted by atomic mass is 32.2. The first-order valence-electron chi connectivity index (χ1n) is 8.07. The van der Waals surface area contributed by atoms with Crippen molar-refractivity contribution in [3.8, 4) is 5.69 Å². The van der Waals surface area contributed by atoms with E-state index in [-0.39, 0.29) is 22.2 Å². The van der Waals surface area contributed by atoms with Crippen molar-refractivity contribution in [2.75, 3.05) is 10.5 Å². The highest BCUT2D eigenvalue weighted by molar-refractivity contribution is 8.01. The molecule has 0 saturated carbocycles. The summed E-state index contributed by atoms with van der Waals surface area (Å²) in [6, 6.07) is 6.27. The third-order valence-electron chi connectivity index (χ3n) is 4.02. The SMILES string of the molecule is Cc1ccc(S(=O)(=O)Nc2nc(=O)n3c(C)c(C)sc(SCC(=O)O)c2-3)cc1. The number of carboxylic acids is 1. The lowest BCUT2D eigenvalue weighted by Crippen LogP contribution is -2.17. The van der Waals surface area contributed by atoms with E-state index in [2.05, 4.69) is 9.71 Å². The number of aliphatic carboxylic acids is 1. The number of sulfonamides is 1. The molecule has 28 heavy (non-hydrogen) atoms. The zero-order chi connectivity index (χ0) is 20.6. The summed E-state index contributed by atoms with van der Waals surface area (Å²) in [6.07, 6.45) is 0. The van der Waals surface area contributed by atoms with Gasteiger partial charge < -0.3 is 5.11 Å². The van der Waals surface area contributed by atoms with E-state index >= 15 is 0 Å². The van der Waals surface area contributed by atoms with Gasteiger partial charge in [-0.05, 0) is 32.9 Å². The minimum absolute atomic E-state index is 0.0407. The number of carboxylic acid groups (broad SMARTS) is 1. The number of imidazole rings is 1. The third kappa shape index (κ3) is 3.91. The second-order valence-electron chi connectivity index (χ2n) is 6.06. The first kappa shape index (κ1) is 20.4. The largest absolute Gasteiger partial charge is 0.481 e. The molecule has 8 nitrogen and oxygen atoms in total. The molecule has 2 N–H and O–H groups in total. The minimum atomic E-state index is -3.96. The Labute approximate surface area is 169 Å². The van der Waals surface area contributed by atoms with E-state index < -0.39 is 21.7 Å². The Morgan fingerprint density at radius 3 is 2.50 bits per heavy atom. The summed E-state index contributed by atoms with van der Waals surface area (Å²) in [5.41, 5.74) is 1.17. The number of hydrogen-bond donors (Lipinski definition) is 2. The van der Waals surface area contributed by atoms with Crippen LogP contribution in [0.25, 0.3) is 5.69 Å². The predicted molar refractivity (Wildman–Crippen MR) is 109 cm³/mol. The van der Waals surface area contributed by atoms with Crippen LogP contribution < -0.4 is 10.4 Å². The second kappa shape index (κ2) is 7.57. The average Bonchev–Trinajstić information content (AvgIpc) is 2.93. The van der Waals surface area contributed by atoms with Gasteiger partial charge in [0.15, 0.2) is 5.82 Å². The number of nitrogens with zero attached hydrogens (tertiary/aromatic N) is 2. The molecule has 0 radical (unpaired) electrons. The molecule has 0 amide bonds. The van der Waals surface area contributed by atoms with E-state index in [0.717, 1.165) is 22.2 Å². The summed E-state index contributed by atoms with van der Waals surface area (Å²) in [5, 5.41) is 8.99. The van der Waals surface area contributed by atoms with Gasteiger partial charge in [-0.25, -0.2) is 13.2 Å². The summed E-state index contributed by atoms with van der Waals surface area (Å²) < 4.78 is 29.7. The van der Waals surface area contributed by atoms with Gasteiger partial charge in [-0.3, -0.25) is 14.1 Å². The number of aromatic nitrogens is 2. The molecule has 148 valence electrons. The van der Waals surface area contributed by atoms with Crippen LogP contribution in [0, 0.1) is 20.8 Å². The molecule has 2 heterocycles. The van der Waals surface area contributed by atoms with Crippen LogP contribution in [-0.4, -0.2) is 34.8 Å². The topological polar surface area (TPSA) is 118 Å². The van der Waals surface area contributed by atoms with Crippen LogP contribution >= 0.6 is 23.1 Å². The van der Waals surface area contributed by atoms with Crippen molar-refractivity contribution >= 4 is 44.9 Å². The van der Waals surface area contributed by atoms with Crippen LogP contribution in [0.2, 0.25) is 0 Å². The average molecular weight is 440 g/mol. The maximum absolute atomic E-state index is 12.7. The summed E-state index contributed by atoms with van der Waals surface area (Å²) in [6.45, 7) is 5.38. The van der Waals surface area contributed by atoms with Gasteiger partial charge in [0, 0.05) is 10.6 Å². The highest BCUT2D eigenvalue weighted by Gasteiger charge is 2.27. The lowest BCUT2D eigenvalue weighted by atomic mass is 10.2. The monoisotopic (exact) mass is 439 g/mol. The van der Waals surface area contributed by atoms with Gasteiger partial charge in [-0.1, -0.05) is 17.7 Å². The molecular weight excluding hydrogens is 422 g/mol. The van der Waals surface area contributed by atoms with E-state index in [1.165, 1.54) is 28.0 Å². The van der Waals surface area contributed by atoms with Crippen LogP contribution in [0.1, 0.15) is 16.1 Å². The number of thioether (sulfide) groups is 1. The van der Waals surface area contributed by atoms with Crippen molar-refractivity contribution in [3.05, 3.63) is 50.9 Å². The molecular formula is C17H17N3O5S3. The number of aryl methyl sites for hydroxylation is 2. The number of anilines is 1. The van der Waals surface area contributed by atoms with Crippen molar-refractivity contribution < 1.29 is 18.3 Å².